The number of fused-ring (bicyclic) bond motifs is 4. The number of cyclic esters (lactones) is 1. The third-order valence-corrected chi connectivity index (χ3v) is 5.92. The van der Waals surface area contributed by atoms with Crippen molar-refractivity contribution in [1.29, 1.82) is 0 Å². The number of benzene rings is 3. The van der Waals surface area contributed by atoms with Gasteiger partial charge in [0.2, 0.25) is 0 Å². The minimum absolute atomic E-state index is 0.252. The van der Waals surface area contributed by atoms with E-state index < -0.39 is 23.4 Å². The first kappa shape index (κ1) is 19.6. The molecule has 0 saturated carbocycles. The molecular weight excluding hydrogens is 410 g/mol. The fourth-order valence-corrected chi connectivity index (χ4v) is 4.50. The smallest absolute Gasteiger partial charge is 0.360 e. The molecule has 1 atom stereocenters. The first-order valence-corrected chi connectivity index (χ1v) is 9.88. The Kier molecular flexibility index (Phi) is 4.20. The molecule has 0 fully saturated rings. The number of nitrogens with two attached hydrogens (primary N) is 1. The second-order valence-corrected chi connectivity index (χ2v) is 7.56. The van der Waals surface area contributed by atoms with Crippen molar-refractivity contribution in [3.05, 3.63) is 82.9 Å². The number of methoxy groups -OCH3 is 1. The van der Waals surface area contributed by atoms with Crippen LogP contribution in [0.1, 0.15) is 31.8 Å². The summed E-state index contributed by atoms with van der Waals surface area (Å²) in [6.07, 6.45) is 0. The van der Waals surface area contributed by atoms with E-state index in [0.29, 0.717) is 39.4 Å². The van der Waals surface area contributed by atoms with Crippen molar-refractivity contribution in [3.63, 3.8) is 0 Å². The highest BCUT2D eigenvalue weighted by atomic mass is 16.6. The zero-order chi connectivity index (χ0) is 22.6. The third kappa shape index (κ3) is 2.46. The Labute approximate surface area is 183 Å². The Morgan fingerprint density at radius 3 is 2.50 bits per heavy atom. The predicted molar refractivity (Wildman–Crippen MR) is 117 cm³/mol. The number of hydrogen-bond donors (Lipinski definition) is 2. The summed E-state index contributed by atoms with van der Waals surface area (Å²) in [6.45, 7) is 0. The van der Waals surface area contributed by atoms with Gasteiger partial charge in [-0.2, -0.15) is 0 Å². The van der Waals surface area contributed by atoms with Gasteiger partial charge < -0.3 is 25.4 Å². The molecule has 2 aliphatic rings. The summed E-state index contributed by atoms with van der Waals surface area (Å²) >= 11 is 0. The number of carbonyl (C=O) groups excluding carboxylic acids is 3. The lowest BCUT2D eigenvalue weighted by molar-refractivity contribution is -0.158. The molecule has 0 spiro atoms. The van der Waals surface area contributed by atoms with Crippen LogP contribution in [-0.4, -0.2) is 32.0 Å². The zero-order valence-corrected chi connectivity index (χ0v) is 17.3. The van der Waals surface area contributed by atoms with Crippen LogP contribution >= 0.6 is 0 Å². The molecular formula is C24H19N3O5. The Bertz CT molecular complexity index is 1300. The molecule has 1 unspecified atom stereocenters. The highest BCUT2D eigenvalue weighted by Crippen LogP contribution is 2.52. The fraction of sp³-hybridized carbons (Fsp3) is 0.125. The van der Waals surface area contributed by atoms with E-state index in [-0.39, 0.29) is 5.56 Å². The number of ether oxygens (including phenoxy) is 2. The van der Waals surface area contributed by atoms with Crippen molar-refractivity contribution in [2.24, 2.45) is 5.73 Å². The molecule has 0 bridgehead atoms. The van der Waals surface area contributed by atoms with Crippen molar-refractivity contribution in [3.8, 4) is 0 Å². The molecule has 0 radical (unpaired) electrons. The summed E-state index contributed by atoms with van der Waals surface area (Å²) < 4.78 is 10.9. The van der Waals surface area contributed by atoms with Gasteiger partial charge in [0.1, 0.15) is 0 Å². The molecule has 2 aliphatic heterocycles. The average Bonchev–Trinajstić information content (AvgIpc) is 3.12. The zero-order valence-electron chi connectivity index (χ0n) is 17.3. The van der Waals surface area contributed by atoms with Crippen LogP contribution in [0.25, 0.3) is 0 Å². The molecule has 3 N–H and O–H groups in total. The maximum atomic E-state index is 13.2. The number of rotatable bonds is 3. The summed E-state index contributed by atoms with van der Waals surface area (Å²) in [4.78, 5) is 40.0. The monoisotopic (exact) mass is 429 g/mol. The molecule has 0 aromatic heterocycles. The van der Waals surface area contributed by atoms with Crippen molar-refractivity contribution in [2.45, 2.75) is 5.60 Å². The largest absolute Gasteiger partial charge is 0.466 e. The number of nitrogens with one attached hydrogen (secondary N) is 1. The van der Waals surface area contributed by atoms with Crippen molar-refractivity contribution in [1.82, 2.24) is 0 Å². The topological polar surface area (TPSA) is 111 Å². The minimum atomic E-state index is -1.71. The van der Waals surface area contributed by atoms with Crippen molar-refractivity contribution < 1.29 is 23.9 Å². The van der Waals surface area contributed by atoms with E-state index in [2.05, 4.69) is 5.32 Å². The van der Waals surface area contributed by atoms with Crippen LogP contribution in [0, 0.1) is 0 Å². The lowest BCUT2D eigenvalue weighted by atomic mass is 9.84. The Hall–Kier alpha value is -4.33. The second-order valence-electron chi connectivity index (χ2n) is 7.56. The van der Waals surface area contributed by atoms with Crippen molar-refractivity contribution in [2.75, 3.05) is 24.4 Å². The molecule has 1 amide bonds. The van der Waals surface area contributed by atoms with Gasteiger partial charge in [0.25, 0.3) is 11.5 Å². The van der Waals surface area contributed by atoms with E-state index in [4.69, 9.17) is 15.2 Å². The van der Waals surface area contributed by atoms with Crippen LogP contribution in [0.5, 0.6) is 0 Å². The van der Waals surface area contributed by atoms with E-state index in [0.717, 1.165) is 0 Å². The number of carbonyl (C=O) groups is 3. The molecule has 160 valence electrons. The van der Waals surface area contributed by atoms with Gasteiger partial charge in [-0.15, -0.1) is 0 Å². The van der Waals surface area contributed by atoms with Crippen molar-refractivity contribution >= 4 is 40.6 Å². The first-order valence-electron chi connectivity index (χ1n) is 9.88. The summed E-state index contributed by atoms with van der Waals surface area (Å²) in [5.74, 6) is -1.91. The van der Waals surface area contributed by atoms with Gasteiger partial charge in [0, 0.05) is 18.2 Å². The summed E-state index contributed by atoms with van der Waals surface area (Å²) in [6, 6.07) is 17.3. The van der Waals surface area contributed by atoms with Crippen LogP contribution in [0.15, 0.2) is 60.7 Å². The summed E-state index contributed by atoms with van der Waals surface area (Å²) in [5.41, 5.74) is 7.60. The maximum Gasteiger partial charge on any atom is 0.360 e. The van der Waals surface area contributed by atoms with E-state index >= 15 is 0 Å². The number of anilines is 4. The lowest BCUT2D eigenvalue weighted by Crippen LogP contribution is -2.38. The molecule has 8 nitrogen and oxygen atoms in total. The fourth-order valence-electron chi connectivity index (χ4n) is 4.50. The number of esters is 2. The Balaban J connectivity index is 1.76. The highest BCUT2D eigenvalue weighted by molar-refractivity contribution is 6.13. The van der Waals surface area contributed by atoms with Crippen LogP contribution in [-0.2, 0) is 19.9 Å². The van der Waals surface area contributed by atoms with Crippen LogP contribution in [0.2, 0.25) is 0 Å². The standard InChI is InChI=1S/C24H19N3O5/c1-27-17-10-6-9-14(21(25)28)19(17)26-16-12-11-15-18(20(16)27)22(29)32-24(15,23(30)31-2)13-7-4-3-5-8-13/h3-12,26H,1-2H3,(H2,25,28). The van der Waals surface area contributed by atoms with Gasteiger partial charge in [0.15, 0.2) is 0 Å². The number of amides is 1. The third-order valence-electron chi connectivity index (χ3n) is 5.92. The average molecular weight is 429 g/mol. The minimum Gasteiger partial charge on any atom is -0.466 e. The molecule has 2 heterocycles. The van der Waals surface area contributed by atoms with E-state index in [1.54, 1.807) is 60.5 Å². The highest BCUT2D eigenvalue weighted by Gasteiger charge is 2.56. The lowest BCUT2D eigenvalue weighted by Gasteiger charge is -2.33. The van der Waals surface area contributed by atoms with Crippen LogP contribution in [0.3, 0.4) is 0 Å². The molecule has 0 aliphatic carbocycles. The van der Waals surface area contributed by atoms with Crippen LogP contribution < -0.4 is 16.0 Å². The Morgan fingerprint density at radius 1 is 1.06 bits per heavy atom. The van der Waals surface area contributed by atoms with E-state index in [1.165, 1.54) is 7.11 Å². The number of nitrogens with zero attached hydrogens (tertiary/aromatic N) is 1. The molecule has 8 heteroatoms. The summed E-state index contributed by atoms with van der Waals surface area (Å²) in [7, 11) is 3.03. The number of hydrogen-bond acceptors (Lipinski definition) is 7. The van der Waals surface area contributed by atoms with Gasteiger partial charge in [-0.3, -0.25) is 4.79 Å². The molecule has 0 saturated heterocycles. The Morgan fingerprint density at radius 2 is 1.81 bits per heavy atom. The molecule has 32 heavy (non-hydrogen) atoms. The van der Waals surface area contributed by atoms with Gasteiger partial charge in [-0.1, -0.05) is 42.5 Å². The van der Waals surface area contributed by atoms with Gasteiger partial charge in [-0.05, 0) is 18.2 Å². The quantitative estimate of drug-likeness (QED) is 0.615. The number of para-hydroxylation sites is 1. The maximum absolute atomic E-state index is 13.2. The van der Waals surface area contributed by atoms with E-state index in [9.17, 15) is 14.4 Å². The van der Waals surface area contributed by atoms with E-state index in [1.807, 2.05) is 12.1 Å². The molecule has 3 aromatic carbocycles. The van der Waals surface area contributed by atoms with Gasteiger partial charge in [-0.25, -0.2) is 9.59 Å². The second kappa shape index (κ2) is 6.84. The predicted octanol–water partition coefficient (Wildman–Crippen LogP) is 3.20. The SMILES string of the molecule is COC(=O)C1(c2ccccc2)OC(=O)c2c1ccc1c2N(C)c2cccc(C(N)=O)c2N1. The molecule has 3 aromatic rings. The van der Waals surface area contributed by atoms with Gasteiger partial charge >= 0.3 is 11.9 Å². The van der Waals surface area contributed by atoms with Crippen LogP contribution in [0.4, 0.5) is 22.7 Å². The number of primary amides is 1. The van der Waals surface area contributed by atoms with Gasteiger partial charge in [0.05, 0.1) is 41.0 Å². The normalized spacial score (nSPS) is 18.1. The first-order chi connectivity index (χ1) is 15.4. The molecule has 5 rings (SSSR count). The summed E-state index contributed by atoms with van der Waals surface area (Å²) in [5, 5.41) is 3.21.